The first kappa shape index (κ1) is 53.5. The van der Waals surface area contributed by atoms with E-state index in [1.54, 1.807) is 0 Å². The number of pyridine rings is 2. The normalized spacial score (nSPS) is 12.3. The van der Waals surface area contributed by atoms with Gasteiger partial charge in [-0.15, -0.1) is 11.3 Å². The van der Waals surface area contributed by atoms with Crippen molar-refractivity contribution in [2.24, 2.45) is 0 Å². The smallest absolute Gasteiger partial charge is 0.178 e. The molecular formula is C90H52N6OS. The summed E-state index contributed by atoms with van der Waals surface area (Å²) in [4.78, 5) is 10.9. The zero-order valence-electron chi connectivity index (χ0n) is 52.5. The molecule has 0 radical (unpaired) electrons. The van der Waals surface area contributed by atoms with Crippen molar-refractivity contribution in [2.75, 3.05) is 0 Å². The number of fused-ring (bicyclic) bond motifs is 20. The van der Waals surface area contributed by atoms with E-state index in [0.717, 1.165) is 137 Å². The van der Waals surface area contributed by atoms with Crippen LogP contribution in [0.25, 0.3) is 208 Å². The molecule has 7 nitrogen and oxygen atoms in total. The molecule has 8 heterocycles. The van der Waals surface area contributed by atoms with Crippen LogP contribution in [-0.4, -0.2) is 28.2 Å². The Labute approximate surface area is 563 Å². The van der Waals surface area contributed by atoms with Crippen LogP contribution < -0.4 is 0 Å². The molecule has 0 aliphatic rings. The molecule has 0 atom stereocenters. The Bertz CT molecular complexity index is 7180. The Kier molecular flexibility index (Phi) is 11.1. The monoisotopic (exact) mass is 1260 g/mol. The second-order valence-electron chi connectivity index (χ2n) is 25.9. The molecule has 8 aromatic heterocycles. The number of nitrogens with zero attached hydrogens (tertiary/aromatic N) is 6. The molecule has 0 saturated heterocycles. The fourth-order valence-electron chi connectivity index (χ4n) is 16.3. The first-order valence-electron chi connectivity index (χ1n) is 33.4. The van der Waals surface area contributed by atoms with Crippen LogP contribution in [-0.2, 0) is 0 Å². The minimum Gasteiger partial charge on any atom is -0.452 e. The van der Waals surface area contributed by atoms with Gasteiger partial charge in [-0.3, -0.25) is 0 Å². The molecule has 0 unspecified atom stereocenters. The standard InChI is InChI=1S/C90H52N6OS/c1-3-19-59(20-4-1)93-75-31-15-9-23-61(75)67-47-53(35-41-78(67)93)55-37-43-80-69(49-55)63-25-11-17-33-77(63)96(80)88-65-27-8-14-30-74(65)92-86-72-52-58(40-46-84(72)98-90(86)88)57-39-45-82-71(51-57)70-50-56(54-36-42-79-68(48-54)62-24-10-16-32-76(62)94(79)60-21-5-2-6-22-60)38-44-81(70)95(82)87-64-26-7-13-29-73(64)91-85-66-28-12-18-34-83(66)97-89(85)87/h1-52H. The Morgan fingerprint density at radius 2 is 0.582 bits per heavy atom. The largest absolute Gasteiger partial charge is 0.452 e. The number of thiophene rings is 1. The number of rotatable bonds is 7. The van der Waals surface area contributed by atoms with Gasteiger partial charge in [-0.1, -0.05) is 176 Å². The van der Waals surface area contributed by atoms with Crippen LogP contribution in [0.5, 0.6) is 0 Å². The van der Waals surface area contributed by atoms with Crippen LogP contribution >= 0.6 is 11.3 Å². The number of aromatic nitrogens is 6. The van der Waals surface area contributed by atoms with E-state index >= 15 is 0 Å². The first-order chi connectivity index (χ1) is 48.6. The molecule has 0 aliphatic heterocycles. The lowest BCUT2D eigenvalue weighted by atomic mass is 9.98. The molecule has 22 aromatic rings. The third kappa shape index (κ3) is 7.63. The summed E-state index contributed by atoms with van der Waals surface area (Å²) in [5.41, 5.74) is 25.8. The zero-order valence-corrected chi connectivity index (χ0v) is 53.3. The van der Waals surface area contributed by atoms with E-state index in [-0.39, 0.29) is 0 Å². The average Bonchev–Trinajstić information content (AvgIpc) is 1.55. The summed E-state index contributed by atoms with van der Waals surface area (Å²) in [6.45, 7) is 0. The summed E-state index contributed by atoms with van der Waals surface area (Å²) in [6, 6.07) is 115. The van der Waals surface area contributed by atoms with Crippen LogP contribution in [0.15, 0.2) is 320 Å². The molecule has 8 heteroatoms. The number of hydrogen-bond donors (Lipinski definition) is 0. The number of furan rings is 1. The lowest BCUT2D eigenvalue weighted by Crippen LogP contribution is -1.98. The van der Waals surface area contributed by atoms with Gasteiger partial charge in [0.25, 0.3) is 0 Å². The Balaban J connectivity index is 0.726. The molecule has 0 N–H and O–H groups in total. The van der Waals surface area contributed by atoms with Crippen molar-refractivity contribution < 1.29 is 4.42 Å². The van der Waals surface area contributed by atoms with Gasteiger partial charge in [0, 0.05) is 80.7 Å². The van der Waals surface area contributed by atoms with Crippen LogP contribution in [0.1, 0.15) is 0 Å². The Hall–Kier alpha value is -12.9. The predicted molar refractivity (Wildman–Crippen MR) is 411 cm³/mol. The maximum atomic E-state index is 6.94. The predicted octanol–water partition coefficient (Wildman–Crippen LogP) is 24.4. The average molecular weight is 1270 g/mol. The molecule has 0 saturated carbocycles. The second kappa shape index (κ2) is 20.3. The van der Waals surface area contributed by atoms with Crippen LogP contribution in [0, 0.1) is 0 Å². The SMILES string of the molecule is c1ccc(-n2c3ccccc3c3cc(-c4ccc5c(c4)c4cc(-c6ccc7sc8c(-n9c%10ccccc%10c%10cc(-c%11ccc%12c(c%11)c%11ccccc%11n%12-c%11ccccc%11)ccc%109)c9ccccc9nc8c7c6)ccc4n5-c4c5ccccc5nc5c4oc4ccccc45)ccc32)cc1. The highest BCUT2D eigenvalue weighted by atomic mass is 32.1. The van der Waals surface area contributed by atoms with Crippen LogP contribution in [0.4, 0.5) is 0 Å². The van der Waals surface area contributed by atoms with Gasteiger partial charge in [-0.05, 0) is 173 Å². The molecule has 0 bridgehead atoms. The van der Waals surface area contributed by atoms with Gasteiger partial charge in [0.1, 0.15) is 16.8 Å². The topological polar surface area (TPSA) is 58.6 Å². The van der Waals surface area contributed by atoms with E-state index in [2.05, 4.69) is 322 Å². The van der Waals surface area contributed by atoms with E-state index in [0.29, 0.717) is 0 Å². The minimum absolute atomic E-state index is 0.759. The van der Waals surface area contributed by atoms with E-state index < -0.39 is 0 Å². The molecule has 0 amide bonds. The van der Waals surface area contributed by atoms with Gasteiger partial charge < -0.3 is 22.7 Å². The summed E-state index contributed by atoms with van der Waals surface area (Å²) < 4.78 is 19.0. The van der Waals surface area contributed by atoms with Crippen LogP contribution in [0.2, 0.25) is 0 Å². The Morgan fingerprint density at radius 3 is 1.07 bits per heavy atom. The molecule has 22 rings (SSSR count). The summed E-state index contributed by atoms with van der Waals surface area (Å²) in [6.07, 6.45) is 0. The van der Waals surface area contributed by atoms with Gasteiger partial charge in [0.05, 0.1) is 71.1 Å². The lowest BCUT2D eigenvalue weighted by molar-refractivity contribution is 0.666. The zero-order chi connectivity index (χ0) is 63.8. The minimum atomic E-state index is 0.759. The highest BCUT2D eigenvalue weighted by Crippen LogP contribution is 2.48. The summed E-state index contributed by atoms with van der Waals surface area (Å²) in [7, 11) is 0. The van der Waals surface area contributed by atoms with Crippen molar-refractivity contribution in [1.82, 2.24) is 28.2 Å². The maximum Gasteiger partial charge on any atom is 0.178 e. The fourth-order valence-corrected chi connectivity index (χ4v) is 17.5. The molecule has 0 fully saturated rings. The van der Waals surface area contributed by atoms with E-state index in [4.69, 9.17) is 14.4 Å². The number of hydrogen-bond acceptors (Lipinski definition) is 4. The van der Waals surface area contributed by atoms with Gasteiger partial charge in [-0.2, -0.15) is 0 Å². The Morgan fingerprint density at radius 1 is 0.245 bits per heavy atom. The van der Waals surface area contributed by atoms with E-state index in [1.807, 2.05) is 23.5 Å². The molecule has 454 valence electrons. The molecule has 14 aromatic carbocycles. The quantitative estimate of drug-likeness (QED) is 0.160. The highest BCUT2D eigenvalue weighted by molar-refractivity contribution is 7.26. The lowest BCUT2D eigenvalue weighted by Gasteiger charge is -2.13. The third-order valence-electron chi connectivity index (χ3n) is 20.7. The second-order valence-corrected chi connectivity index (χ2v) is 27.0. The van der Waals surface area contributed by atoms with Crippen molar-refractivity contribution in [1.29, 1.82) is 0 Å². The van der Waals surface area contributed by atoms with Crippen molar-refractivity contribution in [3.05, 3.63) is 315 Å². The number of benzene rings is 14. The molecule has 0 spiro atoms. The van der Waals surface area contributed by atoms with Gasteiger partial charge in [0.15, 0.2) is 5.58 Å². The summed E-state index contributed by atoms with van der Waals surface area (Å²) in [5, 5.41) is 13.9. The van der Waals surface area contributed by atoms with Crippen molar-refractivity contribution in [3.63, 3.8) is 0 Å². The molecular weight excluding hydrogens is 1210 g/mol. The van der Waals surface area contributed by atoms with E-state index in [1.165, 1.54) is 70.2 Å². The highest BCUT2D eigenvalue weighted by Gasteiger charge is 2.26. The summed E-state index contributed by atoms with van der Waals surface area (Å²) in [5.74, 6) is 0. The summed E-state index contributed by atoms with van der Waals surface area (Å²) >= 11 is 1.83. The first-order valence-corrected chi connectivity index (χ1v) is 34.2. The van der Waals surface area contributed by atoms with E-state index in [9.17, 15) is 0 Å². The number of para-hydroxylation sites is 8. The van der Waals surface area contributed by atoms with Crippen molar-refractivity contribution in [3.8, 4) is 56.1 Å². The molecule has 98 heavy (non-hydrogen) atoms. The molecule has 0 aliphatic carbocycles. The third-order valence-corrected chi connectivity index (χ3v) is 21.9. The van der Waals surface area contributed by atoms with Crippen LogP contribution in [0.3, 0.4) is 0 Å². The van der Waals surface area contributed by atoms with Gasteiger partial charge in [0.2, 0.25) is 0 Å². The van der Waals surface area contributed by atoms with Gasteiger partial charge in [-0.25, -0.2) is 9.97 Å². The maximum absolute atomic E-state index is 6.94. The van der Waals surface area contributed by atoms with Gasteiger partial charge >= 0.3 is 0 Å². The van der Waals surface area contributed by atoms with Crippen molar-refractivity contribution in [2.45, 2.75) is 0 Å². The fraction of sp³-hybridized carbons (Fsp3) is 0. The van der Waals surface area contributed by atoms with Crippen molar-refractivity contribution >= 4 is 163 Å².